The highest BCUT2D eigenvalue weighted by Gasteiger charge is 2.01. The third-order valence-corrected chi connectivity index (χ3v) is 2.41. The molecule has 17 heavy (non-hydrogen) atoms. The summed E-state index contributed by atoms with van der Waals surface area (Å²) in [5.74, 6) is 0.0570. The van der Waals surface area contributed by atoms with Crippen LogP contribution < -0.4 is 0 Å². The highest BCUT2D eigenvalue weighted by Crippen LogP contribution is 2.16. The van der Waals surface area contributed by atoms with Gasteiger partial charge in [0.2, 0.25) is 5.95 Å². The van der Waals surface area contributed by atoms with E-state index in [-0.39, 0.29) is 0 Å². The van der Waals surface area contributed by atoms with E-state index in [1.54, 1.807) is 4.57 Å². The number of nitrogens with zero attached hydrogens (tertiary/aromatic N) is 2. The van der Waals surface area contributed by atoms with Gasteiger partial charge in [0.15, 0.2) is 0 Å². The van der Waals surface area contributed by atoms with Crippen molar-refractivity contribution in [2.24, 2.45) is 0 Å². The lowest BCUT2D eigenvalue weighted by Crippen LogP contribution is -1.92. The second-order valence-corrected chi connectivity index (χ2v) is 3.85. The second-order valence-electron chi connectivity index (χ2n) is 3.85. The topological polar surface area (TPSA) is 17.8 Å². The van der Waals surface area contributed by atoms with Crippen LogP contribution in [0.5, 0.6) is 0 Å². The first-order valence-electron chi connectivity index (χ1n) is 5.96. The molecule has 0 unspecified atom stereocenters. The monoisotopic (exact) mass is 234 g/mol. The van der Waals surface area contributed by atoms with Crippen LogP contribution in [0.1, 0.15) is 39.2 Å². The Labute approximate surface area is 102 Å². The summed E-state index contributed by atoms with van der Waals surface area (Å²) in [7, 11) is 0. The Balaban J connectivity index is 0.000000686. The van der Waals surface area contributed by atoms with Crippen LogP contribution in [0.15, 0.2) is 36.8 Å². The molecule has 0 saturated carbocycles. The minimum Gasteiger partial charge on any atom is -0.303 e. The zero-order valence-electron chi connectivity index (χ0n) is 10.8. The van der Waals surface area contributed by atoms with Crippen molar-refractivity contribution in [2.75, 3.05) is 0 Å². The largest absolute Gasteiger partial charge is 0.303 e. The van der Waals surface area contributed by atoms with Gasteiger partial charge in [-0.3, -0.25) is 0 Å². The lowest BCUT2D eigenvalue weighted by Gasteiger charge is -2.06. The van der Waals surface area contributed by atoms with Crippen molar-refractivity contribution in [1.82, 2.24) is 9.55 Å². The molecule has 0 aliphatic heterocycles. The molecular weight excluding hydrogens is 215 g/mol. The Bertz CT molecular complexity index is 444. The summed E-state index contributed by atoms with van der Waals surface area (Å²) in [5, 5.41) is 0. The van der Waals surface area contributed by atoms with Crippen LogP contribution >= 0.6 is 0 Å². The SMILES string of the molecule is CC.CC(C)c1ccc(-n2cnc(F)c2)cc1. The molecule has 0 N–H and O–H groups in total. The van der Waals surface area contributed by atoms with E-state index in [0.29, 0.717) is 5.92 Å². The van der Waals surface area contributed by atoms with Crippen LogP contribution in [0.4, 0.5) is 4.39 Å². The quantitative estimate of drug-likeness (QED) is 0.762. The predicted molar refractivity (Wildman–Crippen MR) is 69.0 cm³/mol. The number of halogens is 1. The fourth-order valence-corrected chi connectivity index (χ4v) is 1.47. The molecule has 0 radical (unpaired) electrons. The summed E-state index contributed by atoms with van der Waals surface area (Å²) >= 11 is 0. The van der Waals surface area contributed by atoms with E-state index in [1.165, 1.54) is 18.1 Å². The Morgan fingerprint density at radius 2 is 1.71 bits per heavy atom. The first-order valence-corrected chi connectivity index (χ1v) is 5.96. The van der Waals surface area contributed by atoms with Crippen LogP contribution in [0, 0.1) is 5.95 Å². The zero-order valence-corrected chi connectivity index (χ0v) is 10.8. The number of rotatable bonds is 2. The molecule has 2 nitrogen and oxygen atoms in total. The molecule has 92 valence electrons. The fraction of sp³-hybridized carbons (Fsp3) is 0.357. The number of imidazole rings is 1. The van der Waals surface area contributed by atoms with Crippen LogP contribution in [-0.2, 0) is 0 Å². The van der Waals surface area contributed by atoms with Gasteiger partial charge >= 0.3 is 0 Å². The van der Waals surface area contributed by atoms with Gasteiger partial charge in [-0.05, 0) is 23.6 Å². The van der Waals surface area contributed by atoms with Crippen LogP contribution in [0.25, 0.3) is 5.69 Å². The Morgan fingerprint density at radius 1 is 1.12 bits per heavy atom. The molecule has 1 aromatic heterocycles. The first-order chi connectivity index (χ1) is 8.16. The maximum atomic E-state index is 12.7. The van der Waals surface area contributed by atoms with Gasteiger partial charge in [-0.15, -0.1) is 0 Å². The minimum atomic E-state index is -0.456. The molecule has 0 atom stereocenters. The molecule has 0 aliphatic rings. The molecule has 2 rings (SSSR count). The summed E-state index contributed by atoms with van der Waals surface area (Å²) < 4.78 is 14.4. The molecule has 0 saturated heterocycles. The predicted octanol–water partition coefficient (Wildman–Crippen LogP) is 4.16. The second kappa shape index (κ2) is 6.18. The van der Waals surface area contributed by atoms with Crippen molar-refractivity contribution in [3.63, 3.8) is 0 Å². The van der Waals surface area contributed by atoms with Crippen molar-refractivity contribution in [1.29, 1.82) is 0 Å². The molecule has 0 spiro atoms. The van der Waals surface area contributed by atoms with Gasteiger partial charge in [-0.2, -0.15) is 4.39 Å². The number of aromatic nitrogens is 2. The van der Waals surface area contributed by atoms with Gasteiger partial charge in [0.25, 0.3) is 0 Å². The number of hydrogen-bond donors (Lipinski definition) is 0. The summed E-state index contributed by atoms with van der Waals surface area (Å²) in [5.41, 5.74) is 2.20. The Morgan fingerprint density at radius 3 is 2.12 bits per heavy atom. The normalized spacial score (nSPS) is 10.0. The molecule has 1 aromatic carbocycles. The number of hydrogen-bond acceptors (Lipinski definition) is 1. The first kappa shape index (κ1) is 13.4. The van der Waals surface area contributed by atoms with Gasteiger partial charge in [0, 0.05) is 5.69 Å². The molecular formula is C14H19FN2. The van der Waals surface area contributed by atoms with Crippen LogP contribution in [-0.4, -0.2) is 9.55 Å². The molecule has 0 bridgehead atoms. The van der Waals surface area contributed by atoms with E-state index >= 15 is 0 Å². The third kappa shape index (κ3) is 3.41. The summed E-state index contributed by atoms with van der Waals surface area (Å²) in [4.78, 5) is 3.55. The van der Waals surface area contributed by atoms with Crippen molar-refractivity contribution < 1.29 is 4.39 Å². The zero-order chi connectivity index (χ0) is 12.8. The maximum absolute atomic E-state index is 12.7. The average Bonchev–Trinajstić information content (AvgIpc) is 2.79. The number of benzene rings is 1. The van der Waals surface area contributed by atoms with E-state index < -0.39 is 5.95 Å². The highest BCUT2D eigenvalue weighted by atomic mass is 19.1. The lowest BCUT2D eigenvalue weighted by atomic mass is 10.0. The van der Waals surface area contributed by atoms with E-state index in [0.717, 1.165) is 5.69 Å². The molecule has 0 aliphatic carbocycles. The molecule has 3 heteroatoms. The summed E-state index contributed by atoms with van der Waals surface area (Å²) in [6, 6.07) is 8.04. The highest BCUT2D eigenvalue weighted by molar-refractivity contribution is 5.35. The van der Waals surface area contributed by atoms with E-state index in [1.807, 2.05) is 26.0 Å². The van der Waals surface area contributed by atoms with Crippen molar-refractivity contribution in [3.8, 4) is 5.69 Å². The summed E-state index contributed by atoms with van der Waals surface area (Å²) in [6.07, 6.45) is 2.84. The van der Waals surface area contributed by atoms with Crippen LogP contribution in [0.3, 0.4) is 0 Å². The molecule has 2 aromatic rings. The van der Waals surface area contributed by atoms with Crippen molar-refractivity contribution >= 4 is 0 Å². The van der Waals surface area contributed by atoms with Gasteiger partial charge in [0.1, 0.15) is 6.33 Å². The lowest BCUT2D eigenvalue weighted by molar-refractivity contribution is 0.590. The van der Waals surface area contributed by atoms with Gasteiger partial charge in [-0.1, -0.05) is 39.8 Å². The smallest absolute Gasteiger partial charge is 0.231 e. The Kier molecular flexibility index (Phi) is 4.88. The fourth-order valence-electron chi connectivity index (χ4n) is 1.47. The van der Waals surface area contributed by atoms with E-state index in [4.69, 9.17) is 0 Å². The maximum Gasteiger partial charge on any atom is 0.231 e. The molecule has 0 fully saturated rings. The Hall–Kier alpha value is -1.64. The standard InChI is InChI=1S/C12H13FN2.C2H6/c1-9(2)10-3-5-11(6-4-10)15-7-12(13)14-8-15;1-2/h3-9H,1-2H3;1-2H3. The van der Waals surface area contributed by atoms with Gasteiger partial charge in [-0.25, -0.2) is 4.98 Å². The average molecular weight is 234 g/mol. The van der Waals surface area contributed by atoms with E-state index in [2.05, 4.69) is 31.0 Å². The molecule has 1 heterocycles. The van der Waals surface area contributed by atoms with Gasteiger partial charge in [0.05, 0.1) is 6.20 Å². The molecule has 0 amide bonds. The third-order valence-electron chi connectivity index (χ3n) is 2.41. The minimum absolute atomic E-state index is 0.456. The summed E-state index contributed by atoms with van der Waals surface area (Å²) in [6.45, 7) is 8.29. The van der Waals surface area contributed by atoms with E-state index in [9.17, 15) is 4.39 Å². The van der Waals surface area contributed by atoms with Crippen molar-refractivity contribution in [3.05, 3.63) is 48.3 Å². The van der Waals surface area contributed by atoms with Crippen molar-refractivity contribution in [2.45, 2.75) is 33.6 Å². The van der Waals surface area contributed by atoms with Gasteiger partial charge < -0.3 is 4.57 Å². The van der Waals surface area contributed by atoms with Crippen LogP contribution in [0.2, 0.25) is 0 Å².